The van der Waals surface area contributed by atoms with E-state index in [1.54, 1.807) is 0 Å². The first-order chi connectivity index (χ1) is 6.77. The normalized spacial score (nSPS) is 24.8. The van der Waals surface area contributed by atoms with E-state index < -0.39 is 0 Å². The third-order valence-corrected chi connectivity index (χ3v) is 2.97. The minimum atomic E-state index is 0.266. The summed E-state index contributed by atoms with van der Waals surface area (Å²) in [5.41, 5.74) is 5.56. The van der Waals surface area contributed by atoms with Crippen LogP contribution in [0.1, 0.15) is 39.0 Å². The highest BCUT2D eigenvalue weighted by Crippen LogP contribution is 2.21. The van der Waals surface area contributed by atoms with Crippen LogP contribution in [0, 0.1) is 5.92 Å². The van der Waals surface area contributed by atoms with Gasteiger partial charge in [0.05, 0.1) is 0 Å². The molecule has 1 atom stereocenters. The molecule has 1 aliphatic heterocycles. The van der Waals surface area contributed by atoms with Crippen molar-refractivity contribution in [1.82, 2.24) is 4.90 Å². The number of nitrogens with two attached hydrogens (primary N) is 1. The second-order valence-electron chi connectivity index (χ2n) is 4.03. The molecule has 0 aromatic heterocycles. The smallest absolute Gasteiger partial charge is 0.233 e. The van der Waals surface area contributed by atoms with Crippen molar-refractivity contribution in [2.45, 2.75) is 39.0 Å². The van der Waals surface area contributed by atoms with Crippen molar-refractivity contribution in [2.24, 2.45) is 16.8 Å². The fraction of sp³-hybridized carbons (Fsp3) is 0.900. The average Bonchev–Trinajstić information content (AvgIpc) is 2.43. The van der Waals surface area contributed by atoms with Crippen LogP contribution < -0.4 is 5.73 Å². The zero-order valence-corrected chi connectivity index (χ0v) is 8.95. The Morgan fingerprint density at radius 1 is 1.50 bits per heavy atom. The molecule has 0 spiro atoms. The molecule has 3 N–H and O–H groups in total. The summed E-state index contributed by atoms with van der Waals surface area (Å²) in [6.45, 7) is 4.09. The van der Waals surface area contributed by atoms with Crippen LogP contribution >= 0.6 is 0 Å². The van der Waals surface area contributed by atoms with Gasteiger partial charge in [-0.05, 0) is 25.2 Å². The van der Waals surface area contributed by atoms with Crippen LogP contribution in [0.15, 0.2) is 5.16 Å². The van der Waals surface area contributed by atoms with Crippen LogP contribution in [-0.2, 0) is 0 Å². The number of guanidine groups is 1. The lowest BCUT2D eigenvalue weighted by Gasteiger charge is -2.19. The van der Waals surface area contributed by atoms with Gasteiger partial charge in [-0.2, -0.15) is 0 Å². The molecular formula is C10H21N3O. The Bertz CT molecular complexity index is 194. The molecule has 0 bridgehead atoms. The third-order valence-electron chi connectivity index (χ3n) is 2.97. The fourth-order valence-corrected chi connectivity index (χ4v) is 2.15. The molecule has 1 fully saturated rings. The lowest BCUT2D eigenvalue weighted by Crippen LogP contribution is -2.37. The summed E-state index contributed by atoms with van der Waals surface area (Å²) in [6.07, 6.45) is 6.17. The first-order valence-electron chi connectivity index (χ1n) is 5.50. The van der Waals surface area contributed by atoms with Crippen LogP contribution in [0.2, 0.25) is 0 Å². The van der Waals surface area contributed by atoms with Gasteiger partial charge in [0, 0.05) is 13.1 Å². The molecule has 0 saturated carbocycles. The van der Waals surface area contributed by atoms with Crippen molar-refractivity contribution in [3.05, 3.63) is 0 Å². The first kappa shape index (κ1) is 11.1. The molecule has 1 heterocycles. The average molecular weight is 199 g/mol. The van der Waals surface area contributed by atoms with Crippen molar-refractivity contribution in [1.29, 1.82) is 0 Å². The van der Waals surface area contributed by atoms with E-state index in [2.05, 4.69) is 12.1 Å². The van der Waals surface area contributed by atoms with Gasteiger partial charge in [0.25, 0.3) is 0 Å². The highest BCUT2D eigenvalue weighted by molar-refractivity contribution is 5.77. The Labute approximate surface area is 85.8 Å². The van der Waals surface area contributed by atoms with Crippen molar-refractivity contribution in [3.8, 4) is 0 Å². The van der Waals surface area contributed by atoms with Crippen LogP contribution in [0.3, 0.4) is 0 Å². The minimum absolute atomic E-state index is 0.266. The summed E-state index contributed by atoms with van der Waals surface area (Å²) >= 11 is 0. The van der Waals surface area contributed by atoms with Gasteiger partial charge in [-0.1, -0.05) is 24.9 Å². The second-order valence-corrected chi connectivity index (χ2v) is 4.03. The van der Waals surface area contributed by atoms with E-state index in [0.29, 0.717) is 0 Å². The summed E-state index contributed by atoms with van der Waals surface area (Å²) in [5.74, 6) is 1.10. The highest BCUT2D eigenvalue weighted by atomic mass is 16.4. The first-order valence-corrected chi connectivity index (χ1v) is 5.50. The summed E-state index contributed by atoms with van der Waals surface area (Å²) in [4.78, 5) is 1.97. The standard InChI is InChI=1S/C10H21N3O/c1-2-4-9-5-3-7-13(8-6-9)10(11)12-14/h9,14H,2-8H2,1H3,(H2,11,12). The quantitative estimate of drug-likeness (QED) is 0.307. The van der Waals surface area contributed by atoms with E-state index >= 15 is 0 Å². The summed E-state index contributed by atoms with van der Waals surface area (Å²) in [5, 5.41) is 11.6. The van der Waals surface area contributed by atoms with Crippen molar-refractivity contribution in [3.63, 3.8) is 0 Å². The van der Waals surface area contributed by atoms with Crippen molar-refractivity contribution >= 4 is 5.96 Å². The van der Waals surface area contributed by atoms with Crippen LogP contribution in [0.25, 0.3) is 0 Å². The molecule has 1 rings (SSSR count). The molecule has 82 valence electrons. The molecule has 0 aliphatic carbocycles. The monoisotopic (exact) mass is 199 g/mol. The number of oxime groups is 1. The molecule has 0 aromatic carbocycles. The maximum absolute atomic E-state index is 8.57. The molecule has 0 aromatic rings. The van der Waals surface area contributed by atoms with Gasteiger partial charge in [0.2, 0.25) is 5.96 Å². The molecule has 4 nitrogen and oxygen atoms in total. The zero-order chi connectivity index (χ0) is 10.4. The fourth-order valence-electron chi connectivity index (χ4n) is 2.15. The Morgan fingerprint density at radius 2 is 2.29 bits per heavy atom. The number of nitrogens with zero attached hydrogens (tertiary/aromatic N) is 2. The Kier molecular flexibility index (Phi) is 4.56. The summed E-state index contributed by atoms with van der Waals surface area (Å²) in [7, 11) is 0. The predicted octanol–water partition coefficient (Wildman–Crippen LogP) is 1.59. The molecule has 0 amide bonds. The molecular weight excluding hydrogens is 178 g/mol. The maximum Gasteiger partial charge on any atom is 0.233 e. The van der Waals surface area contributed by atoms with E-state index in [1.165, 1.54) is 25.7 Å². The van der Waals surface area contributed by atoms with Crippen molar-refractivity contribution < 1.29 is 5.21 Å². The predicted molar refractivity (Wildman–Crippen MR) is 57.2 cm³/mol. The van der Waals surface area contributed by atoms with E-state index in [4.69, 9.17) is 10.9 Å². The Hall–Kier alpha value is -0.930. The number of hydrogen-bond acceptors (Lipinski definition) is 2. The number of hydrogen-bond donors (Lipinski definition) is 2. The SMILES string of the molecule is CCCC1CCCN(C(N)=NO)CC1. The van der Waals surface area contributed by atoms with Gasteiger partial charge < -0.3 is 15.8 Å². The van der Waals surface area contributed by atoms with Crippen LogP contribution in [-0.4, -0.2) is 29.2 Å². The molecule has 14 heavy (non-hydrogen) atoms. The van der Waals surface area contributed by atoms with Gasteiger partial charge in [-0.3, -0.25) is 0 Å². The molecule has 1 saturated heterocycles. The largest absolute Gasteiger partial charge is 0.408 e. The summed E-state index contributed by atoms with van der Waals surface area (Å²) in [6, 6.07) is 0. The number of likely N-dealkylation sites (tertiary alicyclic amines) is 1. The van der Waals surface area contributed by atoms with Gasteiger partial charge in [-0.15, -0.1) is 0 Å². The van der Waals surface area contributed by atoms with E-state index in [-0.39, 0.29) is 5.96 Å². The Morgan fingerprint density at radius 3 is 2.93 bits per heavy atom. The van der Waals surface area contributed by atoms with Gasteiger partial charge in [-0.25, -0.2) is 0 Å². The molecule has 4 heteroatoms. The molecule has 0 radical (unpaired) electrons. The maximum atomic E-state index is 8.57. The van der Waals surface area contributed by atoms with Crippen molar-refractivity contribution in [2.75, 3.05) is 13.1 Å². The minimum Gasteiger partial charge on any atom is -0.408 e. The van der Waals surface area contributed by atoms with Gasteiger partial charge >= 0.3 is 0 Å². The van der Waals surface area contributed by atoms with Gasteiger partial charge in [0.1, 0.15) is 0 Å². The zero-order valence-electron chi connectivity index (χ0n) is 8.95. The van der Waals surface area contributed by atoms with Gasteiger partial charge in [0.15, 0.2) is 0 Å². The topological polar surface area (TPSA) is 61.8 Å². The second kappa shape index (κ2) is 5.73. The van der Waals surface area contributed by atoms with Crippen LogP contribution in [0.4, 0.5) is 0 Å². The molecule has 1 aliphatic rings. The van der Waals surface area contributed by atoms with E-state index in [1.807, 2.05) is 4.90 Å². The van der Waals surface area contributed by atoms with E-state index in [0.717, 1.165) is 25.4 Å². The third kappa shape index (κ3) is 3.09. The number of rotatable bonds is 2. The lowest BCUT2D eigenvalue weighted by molar-refractivity contribution is 0.298. The Balaban J connectivity index is 2.40. The lowest BCUT2D eigenvalue weighted by atomic mass is 9.96. The van der Waals surface area contributed by atoms with E-state index in [9.17, 15) is 0 Å². The highest BCUT2D eigenvalue weighted by Gasteiger charge is 2.17. The molecule has 1 unspecified atom stereocenters. The van der Waals surface area contributed by atoms with Crippen LogP contribution in [0.5, 0.6) is 0 Å². The summed E-state index contributed by atoms with van der Waals surface area (Å²) < 4.78 is 0.